The van der Waals surface area contributed by atoms with Gasteiger partial charge in [0.1, 0.15) is 17.1 Å². The van der Waals surface area contributed by atoms with Gasteiger partial charge in [-0.05, 0) is 20.3 Å². The van der Waals surface area contributed by atoms with Gasteiger partial charge in [-0.25, -0.2) is 0 Å². The van der Waals surface area contributed by atoms with Crippen LogP contribution < -0.4 is 0 Å². The second-order valence-corrected chi connectivity index (χ2v) is 5.14. The molecule has 20 heavy (non-hydrogen) atoms. The van der Waals surface area contributed by atoms with Crippen LogP contribution in [0.3, 0.4) is 0 Å². The highest BCUT2D eigenvalue weighted by Gasteiger charge is 2.47. The van der Waals surface area contributed by atoms with Crippen molar-refractivity contribution in [3.05, 3.63) is 22.7 Å². The van der Waals surface area contributed by atoms with E-state index in [0.29, 0.717) is 6.42 Å². The molecule has 0 aromatic heterocycles. The van der Waals surface area contributed by atoms with Crippen molar-refractivity contribution in [2.45, 2.75) is 39.7 Å². The van der Waals surface area contributed by atoms with Crippen LogP contribution in [0.4, 0.5) is 0 Å². The summed E-state index contributed by atoms with van der Waals surface area (Å²) in [4.78, 5) is 24.7. The third-order valence-electron chi connectivity index (χ3n) is 3.73. The predicted octanol–water partition coefficient (Wildman–Crippen LogP) is 1.76. The summed E-state index contributed by atoms with van der Waals surface area (Å²) in [7, 11) is 2.72. The molecule has 0 saturated carbocycles. The molecule has 0 saturated heterocycles. The Bertz CT molecular complexity index is 496. The van der Waals surface area contributed by atoms with Crippen LogP contribution in [0.15, 0.2) is 22.7 Å². The summed E-state index contributed by atoms with van der Waals surface area (Å²) in [5, 5.41) is 10.4. The molecule has 1 rings (SSSR count). The van der Waals surface area contributed by atoms with Gasteiger partial charge in [-0.2, -0.15) is 0 Å². The van der Waals surface area contributed by atoms with Crippen molar-refractivity contribution in [2.75, 3.05) is 14.2 Å². The van der Waals surface area contributed by atoms with Gasteiger partial charge < -0.3 is 14.6 Å². The van der Waals surface area contributed by atoms with Gasteiger partial charge in [0.2, 0.25) is 5.78 Å². The van der Waals surface area contributed by atoms with Crippen LogP contribution in [-0.2, 0) is 19.1 Å². The van der Waals surface area contributed by atoms with E-state index < -0.39 is 11.4 Å². The average molecular weight is 282 g/mol. The molecule has 0 aromatic rings. The Labute approximate surface area is 119 Å². The number of hydrogen-bond acceptors (Lipinski definition) is 5. The van der Waals surface area contributed by atoms with Crippen LogP contribution >= 0.6 is 0 Å². The van der Waals surface area contributed by atoms with Crippen LogP contribution in [0.1, 0.15) is 34.1 Å². The first kappa shape index (κ1) is 16.4. The van der Waals surface area contributed by atoms with E-state index in [2.05, 4.69) is 0 Å². The average Bonchev–Trinajstić information content (AvgIpc) is 2.42. The minimum Gasteiger partial charge on any atom is -0.497 e. The van der Waals surface area contributed by atoms with E-state index in [1.165, 1.54) is 28.1 Å². The highest BCUT2D eigenvalue weighted by Crippen LogP contribution is 2.37. The molecule has 0 amide bonds. The summed E-state index contributed by atoms with van der Waals surface area (Å²) in [5.41, 5.74) is -1.46. The SMILES string of the molecule is CC[C@@H](C)C(=O)C1=C(OC)[C@](C)(O)C(=O)C(C)=C1OC. The lowest BCUT2D eigenvalue weighted by Gasteiger charge is -2.32. The first-order chi connectivity index (χ1) is 9.23. The lowest BCUT2D eigenvalue weighted by molar-refractivity contribution is -0.132. The van der Waals surface area contributed by atoms with E-state index in [9.17, 15) is 14.7 Å². The zero-order valence-corrected chi connectivity index (χ0v) is 12.9. The topological polar surface area (TPSA) is 72.8 Å². The number of hydrogen-bond donors (Lipinski definition) is 1. The van der Waals surface area contributed by atoms with E-state index >= 15 is 0 Å². The summed E-state index contributed by atoms with van der Waals surface area (Å²) >= 11 is 0. The van der Waals surface area contributed by atoms with Gasteiger partial charge in [0.05, 0.1) is 14.2 Å². The van der Waals surface area contributed by atoms with Crippen molar-refractivity contribution in [2.24, 2.45) is 5.92 Å². The molecule has 2 atom stereocenters. The minimum absolute atomic E-state index is 0.0461. The van der Waals surface area contributed by atoms with Crippen LogP contribution in [0.5, 0.6) is 0 Å². The van der Waals surface area contributed by atoms with Crippen molar-refractivity contribution in [3.63, 3.8) is 0 Å². The zero-order valence-electron chi connectivity index (χ0n) is 12.9. The zero-order chi connectivity index (χ0) is 15.7. The Morgan fingerprint density at radius 1 is 1.35 bits per heavy atom. The van der Waals surface area contributed by atoms with Crippen LogP contribution in [0.25, 0.3) is 0 Å². The summed E-state index contributed by atoms with van der Waals surface area (Å²) in [6.07, 6.45) is 0.644. The number of ether oxygens (including phenoxy) is 2. The maximum Gasteiger partial charge on any atom is 0.201 e. The second-order valence-electron chi connectivity index (χ2n) is 5.14. The van der Waals surface area contributed by atoms with Gasteiger partial charge in [-0.1, -0.05) is 13.8 Å². The summed E-state index contributed by atoms with van der Waals surface area (Å²) in [6.45, 7) is 6.54. The number of Topliss-reactive ketones (excluding diaryl/α,β-unsaturated/α-hetero) is 2. The lowest BCUT2D eigenvalue weighted by atomic mass is 9.80. The van der Waals surface area contributed by atoms with Gasteiger partial charge in [-0.3, -0.25) is 9.59 Å². The van der Waals surface area contributed by atoms with E-state index in [1.807, 2.05) is 6.92 Å². The van der Waals surface area contributed by atoms with Crippen molar-refractivity contribution in [1.82, 2.24) is 0 Å². The highest BCUT2D eigenvalue weighted by atomic mass is 16.5. The maximum absolute atomic E-state index is 12.5. The van der Waals surface area contributed by atoms with Crippen LogP contribution in [-0.4, -0.2) is 36.5 Å². The van der Waals surface area contributed by atoms with Crippen molar-refractivity contribution < 1.29 is 24.2 Å². The smallest absolute Gasteiger partial charge is 0.201 e. The van der Waals surface area contributed by atoms with E-state index in [1.54, 1.807) is 6.92 Å². The van der Waals surface area contributed by atoms with E-state index in [4.69, 9.17) is 9.47 Å². The third-order valence-corrected chi connectivity index (χ3v) is 3.73. The molecule has 1 N–H and O–H groups in total. The van der Waals surface area contributed by atoms with E-state index in [0.717, 1.165) is 0 Å². The summed E-state index contributed by atoms with van der Waals surface area (Å²) < 4.78 is 10.4. The number of rotatable bonds is 5. The third kappa shape index (κ3) is 2.38. The molecule has 5 heteroatoms. The quantitative estimate of drug-likeness (QED) is 0.831. The van der Waals surface area contributed by atoms with Crippen molar-refractivity contribution in [1.29, 1.82) is 0 Å². The Morgan fingerprint density at radius 3 is 2.30 bits per heavy atom. The number of ketones is 2. The summed E-state index contributed by atoms with van der Waals surface area (Å²) in [6, 6.07) is 0. The molecule has 0 radical (unpaired) electrons. The lowest BCUT2D eigenvalue weighted by Crippen LogP contribution is -2.44. The maximum atomic E-state index is 12.5. The molecular formula is C15H22O5. The second kappa shape index (κ2) is 5.79. The van der Waals surface area contributed by atoms with Gasteiger partial charge in [0, 0.05) is 11.5 Å². The fraction of sp³-hybridized carbons (Fsp3) is 0.600. The molecule has 0 heterocycles. The number of carbonyl (C=O) groups is 2. The molecule has 0 unspecified atom stereocenters. The molecule has 112 valence electrons. The molecule has 0 aliphatic heterocycles. The van der Waals surface area contributed by atoms with Gasteiger partial charge >= 0.3 is 0 Å². The Hall–Kier alpha value is -1.62. The largest absolute Gasteiger partial charge is 0.497 e. The monoisotopic (exact) mass is 282 g/mol. The van der Waals surface area contributed by atoms with Gasteiger partial charge in [0.25, 0.3) is 0 Å². The minimum atomic E-state index is -1.85. The molecule has 0 aromatic carbocycles. The van der Waals surface area contributed by atoms with Gasteiger partial charge in [-0.15, -0.1) is 0 Å². The Kier molecular flexibility index (Phi) is 4.76. The fourth-order valence-corrected chi connectivity index (χ4v) is 2.32. The molecule has 0 bridgehead atoms. The van der Waals surface area contributed by atoms with Crippen molar-refractivity contribution in [3.8, 4) is 0 Å². The van der Waals surface area contributed by atoms with E-state index in [-0.39, 0.29) is 34.4 Å². The number of carbonyl (C=O) groups excluding carboxylic acids is 2. The molecule has 1 aliphatic carbocycles. The number of aliphatic hydroxyl groups is 1. The Balaban J connectivity index is 3.60. The molecule has 5 nitrogen and oxygen atoms in total. The Morgan fingerprint density at radius 2 is 1.90 bits per heavy atom. The fourth-order valence-electron chi connectivity index (χ4n) is 2.32. The molecule has 1 aliphatic rings. The summed E-state index contributed by atoms with van der Waals surface area (Å²) in [5.74, 6) is -0.837. The molecule has 0 spiro atoms. The molecule has 0 fully saturated rings. The normalized spacial score (nSPS) is 24.9. The first-order valence-corrected chi connectivity index (χ1v) is 6.59. The standard InChI is InChI=1S/C15H22O5/c1-7-8(2)11(16)10-12(19-5)9(3)13(17)15(4,18)14(10)20-6/h8,18H,7H2,1-6H3/t8-,15-/m1/s1. The van der Waals surface area contributed by atoms with Crippen LogP contribution in [0.2, 0.25) is 0 Å². The van der Waals surface area contributed by atoms with Gasteiger partial charge in [0.15, 0.2) is 11.4 Å². The number of allylic oxidation sites excluding steroid dienone is 1. The predicted molar refractivity (Wildman–Crippen MR) is 73.8 cm³/mol. The van der Waals surface area contributed by atoms with Crippen LogP contribution in [0, 0.1) is 5.92 Å². The number of methoxy groups -OCH3 is 2. The molecular weight excluding hydrogens is 260 g/mol. The highest BCUT2D eigenvalue weighted by molar-refractivity contribution is 6.12. The van der Waals surface area contributed by atoms with Crippen molar-refractivity contribution >= 4 is 11.6 Å². The first-order valence-electron chi connectivity index (χ1n) is 6.59.